The molecule has 1 aliphatic heterocycles. The SMILES string of the molecule is CO[C@H]1CC[C@H](n2c(=O)n(C)c3nnc4ccc(-c5ccc(OCCCN6CCCCC6)nc5)cc4c32)C1. The van der Waals surface area contributed by atoms with E-state index in [0.717, 1.165) is 59.8 Å². The van der Waals surface area contributed by atoms with Crippen LogP contribution in [0.5, 0.6) is 5.88 Å². The van der Waals surface area contributed by atoms with Crippen LogP contribution in [-0.2, 0) is 11.8 Å². The van der Waals surface area contributed by atoms with Crippen LogP contribution in [0.4, 0.5) is 0 Å². The Kier molecular flexibility index (Phi) is 7.12. The fraction of sp³-hybridized carbons (Fsp3) is 0.517. The second kappa shape index (κ2) is 10.8. The zero-order valence-corrected chi connectivity index (χ0v) is 22.3. The number of imidazole rings is 1. The van der Waals surface area contributed by atoms with Gasteiger partial charge >= 0.3 is 5.69 Å². The Morgan fingerprint density at radius 3 is 2.63 bits per heavy atom. The van der Waals surface area contributed by atoms with Crippen LogP contribution < -0.4 is 10.4 Å². The van der Waals surface area contributed by atoms with E-state index in [2.05, 4.69) is 26.1 Å². The monoisotopic (exact) mass is 516 g/mol. The van der Waals surface area contributed by atoms with Crippen LogP contribution in [0.3, 0.4) is 0 Å². The molecule has 1 aromatic carbocycles. The summed E-state index contributed by atoms with van der Waals surface area (Å²) in [5, 5.41) is 9.75. The van der Waals surface area contributed by atoms with Gasteiger partial charge in [-0.1, -0.05) is 12.5 Å². The van der Waals surface area contributed by atoms with Gasteiger partial charge in [0, 0.05) is 50.0 Å². The standard InChI is InChI=1S/C29H36N6O3/c1-33-28-27(35(29(33)36)22-9-10-23(18-22)37-2)24-17-20(7-11-25(24)31-32-28)21-8-12-26(30-19-21)38-16-6-15-34-13-4-3-5-14-34/h7-8,11-12,17,19,22-23H,3-6,9-10,13-16,18H2,1-2H3/t22-,23-/m0/s1. The molecule has 0 spiro atoms. The summed E-state index contributed by atoms with van der Waals surface area (Å²) in [6.45, 7) is 4.18. The molecule has 2 atom stereocenters. The Bertz CT molecular complexity index is 1470. The molecule has 1 saturated carbocycles. The molecule has 6 rings (SSSR count). The molecule has 0 N–H and O–H groups in total. The van der Waals surface area contributed by atoms with Crippen LogP contribution in [0, 0.1) is 0 Å². The van der Waals surface area contributed by atoms with Gasteiger partial charge in [-0.25, -0.2) is 9.78 Å². The van der Waals surface area contributed by atoms with Crippen molar-refractivity contribution in [2.75, 3.05) is 33.4 Å². The molecule has 2 fully saturated rings. The predicted molar refractivity (Wildman–Crippen MR) is 148 cm³/mol. The Balaban J connectivity index is 1.24. The van der Waals surface area contributed by atoms with Crippen molar-refractivity contribution in [1.82, 2.24) is 29.2 Å². The molecule has 1 saturated heterocycles. The van der Waals surface area contributed by atoms with Gasteiger partial charge in [-0.05, 0) is 75.4 Å². The van der Waals surface area contributed by atoms with Gasteiger partial charge in [0.2, 0.25) is 5.88 Å². The highest BCUT2D eigenvalue weighted by atomic mass is 16.5. The predicted octanol–water partition coefficient (Wildman–Crippen LogP) is 4.34. The summed E-state index contributed by atoms with van der Waals surface area (Å²) in [6, 6.07) is 10.2. The average Bonchev–Trinajstić information content (AvgIpc) is 3.54. The van der Waals surface area contributed by atoms with Crippen molar-refractivity contribution in [3.63, 3.8) is 0 Å². The van der Waals surface area contributed by atoms with Crippen LogP contribution in [0.2, 0.25) is 0 Å². The number of hydrogen-bond donors (Lipinski definition) is 0. The Hall–Kier alpha value is -3.30. The molecule has 0 bridgehead atoms. The van der Waals surface area contributed by atoms with E-state index in [4.69, 9.17) is 9.47 Å². The summed E-state index contributed by atoms with van der Waals surface area (Å²) in [7, 11) is 3.51. The number of pyridine rings is 1. The largest absolute Gasteiger partial charge is 0.478 e. The minimum absolute atomic E-state index is 0.0580. The molecule has 2 aliphatic rings. The molecule has 0 unspecified atom stereocenters. The lowest BCUT2D eigenvalue weighted by molar-refractivity contribution is 0.106. The molecule has 4 aromatic rings. The third kappa shape index (κ3) is 4.80. The first-order valence-electron chi connectivity index (χ1n) is 13.8. The van der Waals surface area contributed by atoms with Crippen LogP contribution >= 0.6 is 0 Å². The smallest absolute Gasteiger partial charge is 0.330 e. The summed E-state index contributed by atoms with van der Waals surface area (Å²) in [5.74, 6) is 0.646. The number of rotatable bonds is 8. The highest BCUT2D eigenvalue weighted by Crippen LogP contribution is 2.35. The van der Waals surface area contributed by atoms with Crippen LogP contribution in [-0.4, -0.2) is 68.7 Å². The highest BCUT2D eigenvalue weighted by Gasteiger charge is 2.30. The Morgan fingerprint density at radius 1 is 1.03 bits per heavy atom. The Labute approximate surface area is 222 Å². The average molecular weight is 517 g/mol. The number of nitrogens with zero attached hydrogens (tertiary/aromatic N) is 6. The van der Waals surface area contributed by atoms with Gasteiger partial charge < -0.3 is 14.4 Å². The van der Waals surface area contributed by atoms with E-state index in [1.54, 1.807) is 18.7 Å². The molecule has 0 amide bonds. The second-order valence-corrected chi connectivity index (χ2v) is 10.6. The van der Waals surface area contributed by atoms with Crippen molar-refractivity contribution in [2.24, 2.45) is 7.05 Å². The van der Waals surface area contributed by atoms with E-state index in [-0.39, 0.29) is 17.8 Å². The van der Waals surface area contributed by atoms with Crippen LogP contribution in [0.1, 0.15) is 51.0 Å². The highest BCUT2D eigenvalue weighted by molar-refractivity contribution is 6.02. The van der Waals surface area contributed by atoms with Gasteiger partial charge in [-0.15, -0.1) is 10.2 Å². The summed E-state index contributed by atoms with van der Waals surface area (Å²) >= 11 is 0. The number of benzene rings is 1. The van der Waals surface area contributed by atoms with Crippen molar-refractivity contribution >= 4 is 22.1 Å². The number of hydrogen-bond acceptors (Lipinski definition) is 7. The molecule has 200 valence electrons. The van der Waals surface area contributed by atoms with Crippen molar-refractivity contribution in [1.29, 1.82) is 0 Å². The Morgan fingerprint density at radius 2 is 1.87 bits per heavy atom. The number of aryl methyl sites for hydroxylation is 1. The van der Waals surface area contributed by atoms with E-state index in [9.17, 15) is 4.79 Å². The van der Waals surface area contributed by atoms with Gasteiger partial charge in [0.15, 0.2) is 5.65 Å². The minimum Gasteiger partial charge on any atom is -0.478 e. The summed E-state index contributed by atoms with van der Waals surface area (Å²) in [6.07, 6.45) is 9.70. The fourth-order valence-corrected chi connectivity index (χ4v) is 6.06. The first-order valence-corrected chi connectivity index (χ1v) is 13.8. The number of likely N-dealkylation sites (tertiary alicyclic amines) is 1. The third-order valence-corrected chi connectivity index (χ3v) is 8.21. The summed E-state index contributed by atoms with van der Waals surface area (Å²) < 4.78 is 15.0. The van der Waals surface area contributed by atoms with Gasteiger partial charge in [0.1, 0.15) is 5.52 Å². The maximum atomic E-state index is 13.3. The lowest BCUT2D eigenvalue weighted by atomic mass is 10.0. The minimum atomic E-state index is -0.0580. The topological polar surface area (TPSA) is 87.3 Å². The molecule has 0 radical (unpaired) electrons. The molecule has 9 heteroatoms. The van der Waals surface area contributed by atoms with E-state index in [1.807, 2.05) is 35.0 Å². The zero-order chi connectivity index (χ0) is 26.1. The number of ether oxygens (including phenoxy) is 2. The van der Waals surface area contributed by atoms with E-state index in [0.29, 0.717) is 18.1 Å². The molecule has 3 aromatic heterocycles. The number of fused-ring (bicyclic) bond motifs is 3. The lowest BCUT2D eigenvalue weighted by Crippen LogP contribution is -2.31. The van der Waals surface area contributed by atoms with Gasteiger partial charge in [-0.2, -0.15) is 0 Å². The molecule has 9 nitrogen and oxygen atoms in total. The normalized spacial score (nSPS) is 20.5. The number of methoxy groups -OCH3 is 1. The third-order valence-electron chi connectivity index (χ3n) is 8.21. The quantitative estimate of drug-likeness (QED) is 0.322. The van der Waals surface area contributed by atoms with Crippen molar-refractivity contribution < 1.29 is 9.47 Å². The number of aromatic nitrogens is 5. The lowest BCUT2D eigenvalue weighted by Gasteiger charge is -2.26. The second-order valence-electron chi connectivity index (χ2n) is 10.6. The van der Waals surface area contributed by atoms with E-state index in [1.165, 1.54) is 32.4 Å². The van der Waals surface area contributed by atoms with Crippen molar-refractivity contribution in [3.8, 4) is 17.0 Å². The van der Waals surface area contributed by atoms with Gasteiger partial charge in [-0.3, -0.25) is 9.13 Å². The van der Waals surface area contributed by atoms with E-state index < -0.39 is 0 Å². The first-order chi connectivity index (χ1) is 18.6. The molecule has 4 heterocycles. The number of piperidine rings is 1. The summed E-state index contributed by atoms with van der Waals surface area (Å²) in [5.41, 5.74) is 4.16. The molecule has 38 heavy (non-hydrogen) atoms. The molecule has 1 aliphatic carbocycles. The molecular formula is C29H36N6O3. The summed E-state index contributed by atoms with van der Waals surface area (Å²) in [4.78, 5) is 20.4. The molecular weight excluding hydrogens is 480 g/mol. The van der Waals surface area contributed by atoms with E-state index >= 15 is 0 Å². The van der Waals surface area contributed by atoms with Crippen LogP contribution in [0.25, 0.3) is 33.2 Å². The van der Waals surface area contributed by atoms with Gasteiger partial charge in [0.25, 0.3) is 0 Å². The van der Waals surface area contributed by atoms with Gasteiger partial charge in [0.05, 0.1) is 18.2 Å². The van der Waals surface area contributed by atoms with Crippen molar-refractivity contribution in [3.05, 3.63) is 47.0 Å². The van der Waals surface area contributed by atoms with Crippen molar-refractivity contribution in [2.45, 2.75) is 57.1 Å². The fourth-order valence-electron chi connectivity index (χ4n) is 6.06. The zero-order valence-electron chi connectivity index (χ0n) is 22.3. The maximum Gasteiger partial charge on any atom is 0.330 e. The maximum absolute atomic E-state index is 13.3. The first kappa shape index (κ1) is 25.0. The van der Waals surface area contributed by atoms with Crippen LogP contribution in [0.15, 0.2) is 41.3 Å².